The van der Waals surface area contributed by atoms with Gasteiger partial charge < -0.3 is 28.4 Å². The molecule has 12 nitrogen and oxygen atoms in total. The molecule has 0 amide bonds. The van der Waals surface area contributed by atoms with Gasteiger partial charge in [0.15, 0.2) is 0 Å². The van der Waals surface area contributed by atoms with Crippen molar-refractivity contribution >= 4 is 56.6 Å². The van der Waals surface area contributed by atoms with Crippen LogP contribution in [0, 0.1) is 28.7 Å². The number of hydrogen-bond acceptors (Lipinski definition) is 11. The lowest BCUT2D eigenvalue weighted by molar-refractivity contribution is -0.153. The molecule has 12 heteroatoms. The number of methoxy groups -OCH3 is 2. The zero-order valence-electron chi connectivity index (χ0n) is 40.3. The minimum absolute atomic E-state index is 0.0498. The highest BCUT2D eigenvalue weighted by Gasteiger charge is 2.28. The second-order valence-electron chi connectivity index (χ2n) is 18.3. The van der Waals surface area contributed by atoms with E-state index in [1.165, 1.54) is 0 Å². The quantitative estimate of drug-likeness (QED) is 0.0169. The van der Waals surface area contributed by atoms with Gasteiger partial charge in [-0.15, -0.1) is 0 Å². The van der Waals surface area contributed by atoms with Crippen LogP contribution in [-0.4, -0.2) is 64.5 Å². The average Bonchev–Trinajstić information content (AvgIpc) is 3.38. The first kappa shape index (κ1) is 51.2. The van der Waals surface area contributed by atoms with E-state index in [4.69, 9.17) is 35.0 Å². The SMILES string of the molecule is [C-]#[N+]C(C(=O)OCC(C)(C)COC(=O)CCCCC(=O)OCC(C)(C)COC(=O)C(C#N)=C(c1ccc(OC)cc1)c1ccc2ccccc2c1)=C(c1ccc(OC)cc1)c1ccc2ccccc2c1. The summed E-state index contributed by atoms with van der Waals surface area (Å²) < 4.78 is 33.1. The van der Waals surface area contributed by atoms with Crippen LogP contribution in [0.4, 0.5) is 0 Å². The standard InChI is InChI=1S/C58H56N2O10/c1-57(2,37-69-55(63)49(34-59)52(41-24-28-47(65-6)29-25-41)45-22-20-39-14-8-10-16-43(39)32-45)35-67-50(61)18-12-13-19-51(62)68-36-58(3,4)38-70-56(64)54(60-5)53(42-26-30-48(66-7)31-27-42)46-23-21-40-15-9-11-17-44(40)33-46/h8-11,14-17,20-33H,12-13,18-19,35-38H2,1-4,6-7H3. The van der Waals surface area contributed by atoms with Crippen molar-refractivity contribution in [3.05, 3.63) is 178 Å². The van der Waals surface area contributed by atoms with Crippen LogP contribution in [0.2, 0.25) is 0 Å². The number of benzene rings is 6. The first-order chi connectivity index (χ1) is 33.6. The summed E-state index contributed by atoms with van der Waals surface area (Å²) in [5, 5.41) is 14.2. The Labute approximate surface area is 408 Å². The molecule has 70 heavy (non-hydrogen) atoms. The van der Waals surface area contributed by atoms with E-state index in [1.807, 2.05) is 84.9 Å². The Morgan fingerprint density at radius 2 is 0.900 bits per heavy atom. The van der Waals surface area contributed by atoms with Gasteiger partial charge in [0.05, 0.1) is 40.6 Å². The number of fused-ring (bicyclic) bond motifs is 2. The van der Waals surface area contributed by atoms with Gasteiger partial charge in [0.1, 0.15) is 29.7 Å². The Morgan fingerprint density at radius 3 is 1.33 bits per heavy atom. The molecule has 0 saturated heterocycles. The van der Waals surface area contributed by atoms with Crippen LogP contribution < -0.4 is 9.47 Å². The zero-order chi connectivity index (χ0) is 50.3. The molecule has 6 aromatic rings. The van der Waals surface area contributed by atoms with Crippen molar-refractivity contribution in [3.8, 4) is 17.6 Å². The minimum atomic E-state index is -0.810. The summed E-state index contributed by atoms with van der Waals surface area (Å²) in [6, 6.07) is 43.3. The second kappa shape index (κ2) is 23.7. The third kappa shape index (κ3) is 13.7. The molecule has 0 saturated carbocycles. The number of hydrogen-bond donors (Lipinski definition) is 0. The maximum absolute atomic E-state index is 13.6. The molecule has 0 aliphatic rings. The Hall–Kier alpha value is -8.22. The molecular weight excluding hydrogens is 885 g/mol. The lowest BCUT2D eigenvalue weighted by atomic mass is 9.91. The largest absolute Gasteiger partial charge is 0.497 e. The lowest BCUT2D eigenvalue weighted by Gasteiger charge is -2.24. The Bertz CT molecular complexity index is 2800. The number of carbonyl (C=O) groups excluding carboxylic acids is 4. The number of nitriles is 1. The van der Waals surface area contributed by atoms with E-state index in [-0.39, 0.29) is 50.5 Å². The van der Waals surface area contributed by atoms with E-state index in [0.29, 0.717) is 57.7 Å². The van der Waals surface area contributed by atoms with Crippen molar-refractivity contribution in [2.24, 2.45) is 10.8 Å². The van der Waals surface area contributed by atoms with E-state index in [1.54, 1.807) is 90.4 Å². The molecule has 0 radical (unpaired) electrons. The average molecular weight is 941 g/mol. The number of carbonyl (C=O) groups is 4. The number of ether oxygens (including phenoxy) is 6. The van der Waals surface area contributed by atoms with Gasteiger partial charge in [-0.1, -0.05) is 125 Å². The van der Waals surface area contributed by atoms with Gasteiger partial charge in [-0.05, 0) is 93.0 Å². The summed E-state index contributed by atoms with van der Waals surface area (Å²) >= 11 is 0. The molecule has 0 fully saturated rings. The molecular formula is C58H56N2O10. The lowest BCUT2D eigenvalue weighted by Crippen LogP contribution is -2.29. The highest BCUT2D eigenvalue weighted by Crippen LogP contribution is 2.34. The molecule has 0 atom stereocenters. The maximum atomic E-state index is 13.6. The van der Waals surface area contributed by atoms with Crippen molar-refractivity contribution in [1.29, 1.82) is 5.26 Å². The zero-order valence-corrected chi connectivity index (χ0v) is 40.3. The molecule has 0 aliphatic carbocycles. The topological polar surface area (TPSA) is 152 Å². The normalized spacial score (nSPS) is 12.1. The number of unbranched alkanes of at least 4 members (excludes halogenated alkanes) is 1. The number of rotatable bonds is 21. The molecule has 6 aromatic carbocycles. The van der Waals surface area contributed by atoms with Crippen LogP contribution in [0.25, 0.3) is 37.5 Å². The fourth-order valence-corrected chi connectivity index (χ4v) is 7.49. The number of esters is 4. The molecule has 0 aliphatic heterocycles. The Balaban J connectivity index is 0.964. The van der Waals surface area contributed by atoms with Gasteiger partial charge in [-0.2, -0.15) is 5.26 Å². The Kier molecular flexibility index (Phi) is 17.3. The van der Waals surface area contributed by atoms with Gasteiger partial charge in [0.2, 0.25) is 0 Å². The maximum Gasteiger partial charge on any atom is 0.349 e. The summed E-state index contributed by atoms with van der Waals surface area (Å²) in [5.74, 6) is -1.32. The molecule has 6 rings (SSSR count). The molecule has 0 spiro atoms. The molecule has 358 valence electrons. The van der Waals surface area contributed by atoms with Crippen molar-refractivity contribution in [2.45, 2.75) is 53.4 Å². The van der Waals surface area contributed by atoms with E-state index < -0.39 is 34.7 Å². The minimum Gasteiger partial charge on any atom is -0.497 e. The summed E-state index contributed by atoms with van der Waals surface area (Å²) in [4.78, 5) is 56.3. The van der Waals surface area contributed by atoms with Crippen LogP contribution in [0.15, 0.2) is 145 Å². The first-order valence-electron chi connectivity index (χ1n) is 22.8. The van der Waals surface area contributed by atoms with Crippen molar-refractivity contribution in [2.75, 3.05) is 40.6 Å². The van der Waals surface area contributed by atoms with Gasteiger partial charge in [0, 0.05) is 34.8 Å². The van der Waals surface area contributed by atoms with Crippen LogP contribution >= 0.6 is 0 Å². The first-order valence-corrected chi connectivity index (χ1v) is 22.8. The fraction of sp³-hybridized carbons (Fsp3) is 0.276. The highest BCUT2D eigenvalue weighted by atomic mass is 16.6. The van der Waals surface area contributed by atoms with Crippen molar-refractivity contribution in [1.82, 2.24) is 0 Å². The summed E-state index contributed by atoms with van der Waals surface area (Å²) in [5.41, 5.74) is 1.52. The van der Waals surface area contributed by atoms with E-state index in [0.717, 1.165) is 21.5 Å². The van der Waals surface area contributed by atoms with Crippen molar-refractivity contribution < 1.29 is 47.6 Å². The third-order valence-corrected chi connectivity index (χ3v) is 11.4. The molecule has 0 unspecified atom stereocenters. The van der Waals surface area contributed by atoms with E-state index in [2.05, 4.69) is 10.9 Å². The molecule has 0 aromatic heterocycles. The van der Waals surface area contributed by atoms with Crippen molar-refractivity contribution in [3.63, 3.8) is 0 Å². The van der Waals surface area contributed by atoms with Gasteiger partial charge in [-0.3, -0.25) is 14.4 Å². The van der Waals surface area contributed by atoms with Gasteiger partial charge >= 0.3 is 23.9 Å². The van der Waals surface area contributed by atoms with Crippen LogP contribution in [0.1, 0.15) is 75.6 Å². The molecule has 0 bridgehead atoms. The second-order valence-corrected chi connectivity index (χ2v) is 18.3. The molecule has 0 heterocycles. The monoisotopic (exact) mass is 940 g/mol. The third-order valence-electron chi connectivity index (χ3n) is 11.4. The van der Waals surface area contributed by atoms with Crippen LogP contribution in [0.5, 0.6) is 11.5 Å². The summed E-state index contributed by atoms with van der Waals surface area (Å²) in [7, 11) is 3.12. The predicted molar refractivity (Wildman–Crippen MR) is 268 cm³/mol. The number of nitrogens with zero attached hydrogens (tertiary/aromatic N) is 2. The Morgan fingerprint density at radius 1 is 0.514 bits per heavy atom. The summed E-state index contributed by atoms with van der Waals surface area (Å²) in [6.07, 6.45) is 0.836. The smallest absolute Gasteiger partial charge is 0.349 e. The fourth-order valence-electron chi connectivity index (χ4n) is 7.49. The highest BCUT2D eigenvalue weighted by molar-refractivity contribution is 6.06. The summed E-state index contributed by atoms with van der Waals surface area (Å²) in [6.45, 7) is 14.8. The predicted octanol–water partition coefficient (Wildman–Crippen LogP) is 11.5. The van der Waals surface area contributed by atoms with E-state index in [9.17, 15) is 24.4 Å². The molecule has 0 N–H and O–H groups in total. The van der Waals surface area contributed by atoms with E-state index >= 15 is 0 Å². The van der Waals surface area contributed by atoms with Gasteiger partial charge in [0.25, 0.3) is 5.70 Å². The van der Waals surface area contributed by atoms with Crippen LogP contribution in [0.3, 0.4) is 0 Å². The van der Waals surface area contributed by atoms with Gasteiger partial charge in [-0.25, -0.2) is 9.64 Å². The van der Waals surface area contributed by atoms with Crippen LogP contribution in [-0.2, 0) is 38.1 Å².